The minimum atomic E-state index is -0.720. The molecule has 3 heterocycles. The molecule has 0 radical (unpaired) electrons. The maximum absolute atomic E-state index is 13.4. The van der Waals surface area contributed by atoms with E-state index in [0.29, 0.717) is 0 Å². The number of nitrogens with one attached hydrogen (secondary N) is 1. The van der Waals surface area contributed by atoms with Crippen molar-refractivity contribution < 1.29 is 14.7 Å². The molecule has 1 fully saturated rings. The Bertz CT molecular complexity index is 983. The van der Waals surface area contributed by atoms with Crippen LogP contribution < -0.4 is 5.32 Å². The Morgan fingerprint density at radius 2 is 1.97 bits per heavy atom. The number of carbonyl (C=O) groups is 2. The first-order chi connectivity index (χ1) is 15.4. The molecule has 2 amide bonds. The highest BCUT2D eigenvalue weighted by Crippen LogP contribution is 2.29. The van der Waals surface area contributed by atoms with Crippen LogP contribution in [0.1, 0.15) is 51.5 Å². The molecular weight excluding hydrogens is 438 g/mol. The van der Waals surface area contributed by atoms with E-state index in [1.54, 1.807) is 17.5 Å². The summed E-state index contributed by atoms with van der Waals surface area (Å²) in [7, 11) is 3.72. The topological polar surface area (TPSA) is 98.7 Å². The number of aliphatic hydroxyl groups excluding tert-OH is 1. The minimum Gasteiger partial charge on any atom is -0.391 e. The average Bonchev–Trinajstić information content (AvgIpc) is 3.32. The van der Waals surface area contributed by atoms with Crippen LogP contribution in [0.25, 0.3) is 10.4 Å². The first-order valence-corrected chi connectivity index (χ1v) is 12.1. The van der Waals surface area contributed by atoms with Gasteiger partial charge in [0.15, 0.2) is 0 Å². The zero-order chi connectivity index (χ0) is 24.5. The van der Waals surface area contributed by atoms with E-state index < -0.39 is 18.2 Å². The number of nitrogens with zero attached hydrogens (tertiary/aromatic N) is 4. The number of aliphatic hydroxyl groups is 1. The predicted octanol–water partition coefficient (Wildman–Crippen LogP) is 2.63. The molecule has 0 unspecified atom stereocenters. The van der Waals surface area contributed by atoms with Crippen molar-refractivity contribution in [3.05, 3.63) is 35.2 Å². The van der Waals surface area contributed by atoms with Crippen molar-refractivity contribution in [3.8, 4) is 10.4 Å². The predicted molar refractivity (Wildman–Crippen MR) is 130 cm³/mol. The standard InChI is InChI=1S/C24H35N5O3S/c1-14(18-9-8-16(11-25-18)20-15(2)26-13-33-20)27-22(31)19-10-17(30)12-29(19)23(32)21(28(6)7)24(3,4)5/h8-9,11,13-14,17,19,21,30H,10,12H2,1-7H3,(H,27,31)/t14-,17+,19-,21+/m0/s1. The quantitative estimate of drug-likeness (QED) is 0.669. The summed E-state index contributed by atoms with van der Waals surface area (Å²) in [5.74, 6) is -0.415. The van der Waals surface area contributed by atoms with E-state index in [-0.39, 0.29) is 36.2 Å². The number of amides is 2. The Labute approximate surface area is 200 Å². The largest absolute Gasteiger partial charge is 0.391 e. The van der Waals surface area contributed by atoms with Gasteiger partial charge in [0.1, 0.15) is 6.04 Å². The molecule has 33 heavy (non-hydrogen) atoms. The number of hydrogen-bond acceptors (Lipinski definition) is 7. The van der Waals surface area contributed by atoms with Gasteiger partial charge in [0, 0.05) is 24.7 Å². The third kappa shape index (κ3) is 5.59. The number of thiazole rings is 1. The van der Waals surface area contributed by atoms with Gasteiger partial charge in [-0.15, -0.1) is 11.3 Å². The van der Waals surface area contributed by atoms with Crippen LogP contribution in [0.2, 0.25) is 0 Å². The van der Waals surface area contributed by atoms with Crippen LogP contribution in [0.15, 0.2) is 23.8 Å². The molecule has 0 aliphatic carbocycles. The van der Waals surface area contributed by atoms with Gasteiger partial charge in [-0.05, 0) is 39.4 Å². The average molecular weight is 474 g/mol. The number of aromatic nitrogens is 2. The molecule has 8 nitrogen and oxygen atoms in total. The van der Waals surface area contributed by atoms with Crippen molar-refractivity contribution in [2.45, 2.75) is 65.3 Å². The molecule has 180 valence electrons. The molecular formula is C24H35N5O3S. The molecule has 1 saturated heterocycles. The van der Waals surface area contributed by atoms with Crippen molar-refractivity contribution in [3.63, 3.8) is 0 Å². The molecule has 0 bridgehead atoms. The third-order valence-corrected chi connectivity index (χ3v) is 7.01. The SMILES string of the molecule is Cc1ncsc1-c1ccc([C@H](C)NC(=O)[C@@H]2C[C@@H](O)CN2C(=O)[C@@H](N(C)C)C(C)(C)C)nc1. The van der Waals surface area contributed by atoms with Crippen molar-refractivity contribution in [1.82, 2.24) is 25.1 Å². The van der Waals surface area contributed by atoms with E-state index in [1.165, 1.54) is 4.90 Å². The van der Waals surface area contributed by atoms with Gasteiger partial charge >= 0.3 is 0 Å². The molecule has 0 aromatic carbocycles. The molecule has 0 spiro atoms. The summed E-state index contributed by atoms with van der Waals surface area (Å²) in [4.78, 5) is 39.9. The van der Waals surface area contributed by atoms with Gasteiger partial charge in [-0.1, -0.05) is 26.8 Å². The summed E-state index contributed by atoms with van der Waals surface area (Å²) in [5.41, 5.74) is 4.18. The van der Waals surface area contributed by atoms with Crippen LogP contribution in [0.3, 0.4) is 0 Å². The molecule has 0 saturated carbocycles. The van der Waals surface area contributed by atoms with E-state index in [9.17, 15) is 14.7 Å². The molecule has 1 aliphatic heterocycles. The number of carbonyl (C=O) groups excluding carboxylic acids is 2. The van der Waals surface area contributed by atoms with Crippen LogP contribution in [-0.2, 0) is 9.59 Å². The lowest BCUT2D eigenvalue weighted by Gasteiger charge is -2.38. The highest BCUT2D eigenvalue weighted by molar-refractivity contribution is 7.13. The maximum atomic E-state index is 13.4. The zero-order valence-corrected chi connectivity index (χ0v) is 21.3. The van der Waals surface area contributed by atoms with Gasteiger partial charge in [-0.25, -0.2) is 4.98 Å². The molecule has 3 rings (SSSR count). The number of likely N-dealkylation sites (tertiary alicyclic amines) is 1. The van der Waals surface area contributed by atoms with Gasteiger partial charge in [0.25, 0.3) is 0 Å². The fourth-order valence-corrected chi connectivity index (χ4v) is 5.38. The Morgan fingerprint density at radius 1 is 1.27 bits per heavy atom. The number of pyridine rings is 1. The lowest BCUT2D eigenvalue weighted by atomic mass is 9.85. The van der Waals surface area contributed by atoms with E-state index >= 15 is 0 Å². The summed E-state index contributed by atoms with van der Waals surface area (Å²) >= 11 is 1.57. The summed E-state index contributed by atoms with van der Waals surface area (Å²) < 4.78 is 0. The number of aryl methyl sites for hydroxylation is 1. The fraction of sp³-hybridized carbons (Fsp3) is 0.583. The Kier molecular flexibility index (Phi) is 7.55. The van der Waals surface area contributed by atoms with Gasteiger partial charge in [-0.3, -0.25) is 19.5 Å². The normalized spacial score (nSPS) is 20.7. The van der Waals surface area contributed by atoms with E-state index in [0.717, 1.165) is 21.8 Å². The molecule has 2 N–H and O–H groups in total. The Hall–Kier alpha value is -2.36. The number of likely N-dealkylation sites (N-methyl/N-ethyl adjacent to an activating group) is 1. The second-order valence-corrected chi connectivity index (χ2v) is 11.0. The second-order valence-electron chi connectivity index (χ2n) is 10.1. The molecule has 9 heteroatoms. The highest BCUT2D eigenvalue weighted by atomic mass is 32.1. The molecule has 4 atom stereocenters. The highest BCUT2D eigenvalue weighted by Gasteiger charge is 2.44. The number of rotatable bonds is 6. The van der Waals surface area contributed by atoms with Crippen LogP contribution in [0, 0.1) is 12.3 Å². The van der Waals surface area contributed by atoms with Crippen molar-refractivity contribution in [2.24, 2.45) is 5.41 Å². The van der Waals surface area contributed by atoms with Crippen LogP contribution in [-0.4, -0.2) is 75.5 Å². The van der Waals surface area contributed by atoms with Gasteiger partial charge in [-0.2, -0.15) is 0 Å². The van der Waals surface area contributed by atoms with E-state index in [4.69, 9.17) is 0 Å². The summed E-state index contributed by atoms with van der Waals surface area (Å²) in [6, 6.07) is 2.43. The second kappa shape index (κ2) is 9.87. The summed E-state index contributed by atoms with van der Waals surface area (Å²) in [6.07, 6.45) is 1.30. The smallest absolute Gasteiger partial charge is 0.243 e. The summed E-state index contributed by atoms with van der Waals surface area (Å²) in [5, 5.41) is 13.3. The van der Waals surface area contributed by atoms with Crippen LogP contribution >= 0.6 is 11.3 Å². The number of hydrogen-bond donors (Lipinski definition) is 2. The zero-order valence-electron chi connectivity index (χ0n) is 20.5. The van der Waals surface area contributed by atoms with Crippen LogP contribution in [0.5, 0.6) is 0 Å². The monoisotopic (exact) mass is 473 g/mol. The van der Waals surface area contributed by atoms with Crippen molar-refractivity contribution in [2.75, 3.05) is 20.6 Å². The molecule has 2 aromatic heterocycles. The molecule has 2 aromatic rings. The first-order valence-electron chi connectivity index (χ1n) is 11.2. The first kappa shape index (κ1) is 25.3. The van der Waals surface area contributed by atoms with E-state index in [2.05, 4.69) is 15.3 Å². The maximum Gasteiger partial charge on any atom is 0.243 e. The van der Waals surface area contributed by atoms with E-state index in [1.807, 2.05) is 71.3 Å². The van der Waals surface area contributed by atoms with Crippen molar-refractivity contribution >= 4 is 23.2 Å². The van der Waals surface area contributed by atoms with Gasteiger partial charge in [0.2, 0.25) is 11.8 Å². The minimum absolute atomic E-state index is 0.140. The summed E-state index contributed by atoms with van der Waals surface area (Å²) in [6.45, 7) is 10.00. The molecule has 1 aliphatic rings. The van der Waals surface area contributed by atoms with Crippen LogP contribution in [0.4, 0.5) is 0 Å². The van der Waals surface area contributed by atoms with Crippen molar-refractivity contribution in [1.29, 1.82) is 0 Å². The Morgan fingerprint density at radius 3 is 2.48 bits per heavy atom. The lowest BCUT2D eigenvalue weighted by molar-refractivity contribution is -0.145. The Balaban J connectivity index is 1.72. The third-order valence-electron chi connectivity index (χ3n) is 6.03. The van der Waals surface area contributed by atoms with Gasteiger partial charge in [0.05, 0.1) is 40.0 Å². The van der Waals surface area contributed by atoms with Gasteiger partial charge < -0.3 is 15.3 Å². The fourth-order valence-electron chi connectivity index (χ4n) is 4.59. The number of β-amino-alcohol motifs (C(OH)–C–C–N with tert-alkyl or cyclic N) is 1. The lowest BCUT2D eigenvalue weighted by Crippen LogP contribution is -2.56.